The van der Waals surface area contributed by atoms with Gasteiger partial charge >= 0.3 is 0 Å². The molecule has 0 aromatic heterocycles. The van der Waals surface area contributed by atoms with Crippen molar-refractivity contribution in [3.8, 4) is 0 Å². The Kier molecular flexibility index (Phi) is 7.74. The highest BCUT2D eigenvalue weighted by Crippen LogP contribution is 2.34. The van der Waals surface area contributed by atoms with Crippen LogP contribution >= 0.6 is 0 Å². The van der Waals surface area contributed by atoms with Crippen LogP contribution in [0.15, 0.2) is 52.4 Å². The maximum Gasteiger partial charge on any atom is 0.240 e. The molecular formula is C28H34FN3O4S. The molecule has 9 heteroatoms. The molecular weight excluding hydrogens is 493 g/mol. The summed E-state index contributed by atoms with van der Waals surface area (Å²) in [5.74, 6) is -0.108. The van der Waals surface area contributed by atoms with Crippen molar-refractivity contribution in [1.82, 2.24) is 10.0 Å². The van der Waals surface area contributed by atoms with E-state index in [9.17, 15) is 17.6 Å². The van der Waals surface area contributed by atoms with Gasteiger partial charge in [0.2, 0.25) is 15.9 Å². The summed E-state index contributed by atoms with van der Waals surface area (Å²) in [6.07, 6.45) is 5.05. The molecule has 5 rings (SSSR count). The average Bonchev–Trinajstić information content (AvgIpc) is 3.33. The van der Waals surface area contributed by atoms with E-state index >= 15 is 0 Å². The summed E-state index contributed by atoms with van der Waals surface area (Å²) in [5.41, 5.74) is 3.80. The molecule has 3 aliphatic rings. The van der Waals surface area contributed by atoms with E-state index in [2.05, 4.69) is 10.0 Å². The number of rotatable bonds is 7. The van der Waals surface area contributed by atoms with E-state index in [0.29, 0.717) is 38.0 Å². The molecule has 2 heterocycles. The fourth-order valence-corrected chi connectivity index (χ4v) is 6.92. The van der Waals surface area contributed by atoms with Gasteiger partial charge in [-0.25, -0.2) is 17.5 Å². The zero-order valence-electron chi connectivity index (χ0n) is 21.1. The number of carbonyl (C=O) groups is 1. The normalized spacial score (nSPS) is 23.2. The van der Waals surface area contributed by atoms with Crippen LogP contribution in [0.2, 0.25) is 0 Å². The van der Waals surface area contributed by atoms with E-state index in [0.717, 1.165) is 48.6 Å². The minimum atomic E-state index is -3.67. The van der Waals surface area contributed by atoms with Crippen LogP contribution in [0.25, 0.3) is 0 Å². The third-order valence-corrected chi connectivity index (χ3v) is 9.36. The Morgan fingerprint density at radius 1 is 1.03 bits per heavy atom. The van der Waals surface area contributed by atoms with E-state index in [1.807, 2.05) is 6.92 Å². The second-order valence-corrected chi connectivity index (χ2v) is 12.1. The summed E-state index contributed by atoms with van der Waals surface area (Å²) in [6.45, 7) is 3.38. The van der Waals surface area contributed by atoms with Crippen LogP contribution in [0.5, 0.6) is 0 Å². The van der Waals surface area contributed by atoms with Crippen LogP contribution in [0.3, 0.4) is 0 Å². The number of nitrogens with one attached hydrogen (secondary N) is 2. The first-order valence-electron chi connectivity index (χ1n) is 13.1. The molecule has 1 amide bonds. The summed E-state index contributed by atoms with van der Waals surface area (Å²) >= 11 is 0. The topological polar surface area (TPSA) is 96.9 Å². The lowest BCUT2D eigenvalue weighted by Crippen LogP contribution is -2.41. The van der Waals surface area contributed by atoms with E-state index in [-0.39, 0.29) is 34.6 Å². The highest BCUT2D eigenvalue weighted by molar-refractivity contribution is 7.89. The summed E-state index contributed by atoms with van der Waals surface area (Å²) in [7, 11) is -3.67. The third-order valence-electron chi connectivity index (χ3n) is 7.84. The molecule has 1 aliphatic carbocycles. The molecule has 1 atom stereocenters. The number of halogens is 1. The third kappa shape index (κ3) is 6.10. The maximum atomic E-state index is 13.2. The Balaban J connectivity index is 1.13. The predicted octanol–water partition coefficient (Wildman–Crippen LogP) is 4.60. The van der Waals surface area contributed by atoms with Crippen LogP contribution in [-0.4, -0.2) is 39.3 Å². The van der Waals surface area contributed by atoms with E-state index in [1.54, 1.807) is 30.3 Å². The van der Waals surface area contributed by atoms with Gasteiger partial charge in [0.15, 0.2) is 0 Å². The van der Waals surface area contributed by atoms with Crippen molar-refractivity contribution in [3.63, 3.8) is 0 Å². The Bertz CT molecular complexity index is 1260. The quantitative estimate of drug-likeness (QED) is 0.550. The Morgan fingerprint density at radius 2 is 1.73 bits per heavy atom. The molecule has 2 fully saturated rings. The monoisotopic (exact) mass is 527 g/mol. The molecule has 0 unspecified atom stereocenters. The van der Waals surface area contributed by atoms with Crippen LogP contribution < -0.4 is 10.0 Å². The van der Waals surface area contributed by atoms with Crippen LogP contribution in [0, 0.1) is 17.7 Å². The second kappa shape index (κ2) is 11.0. The van der Waals surface area contributed by atoms with Crippen molar-refractivity contribution in [2.24, 2.45) is 16.8 Å². The van der Waals surface area contributed by atoms with Gasteiger partial charge in [-0.2, -0.15) is 0 Å². The fourth-order valence-electron chi connectivity index (χ4n) is 5.56. The van der Waals surface area contributed by atoms with E-state index in [1.165, 1.54) is 12.1 Å². The first kappa shape index (κ1) is 26.0. The number of amides is 1. The number of benzene rings is 2. The predicted molar refractivity (Wildman–Crippen MR) is 140 cm³/mol. The van der Waals surface area contributed by atoms with Crippen molar-refractivity contribution in [1.29, 1.82) is 0 Å². The summed E-state index contributed by atoms with van der Waals surface area (Å²) in [4.78, 5) is 17.8. The first-order chi connectivity index (χ1) is 17.8. The Morgan fingerprint density at radius 3 is 2.43 bits per heavy atom. The highest BCUT2D eigenvalue weighted by Gasteiger charge is 2.31. The van der Waals surface area contributed by atoms with Crippen molar-refractivity contribution >= 4 is 27.3 Å². The van der Waals surface area contributed by atoms with Gasteiger partial charge in [-0.05, 0) is 86.9 Å². The molecule has 2 aliphatic heterocycles. The van der Waals surface area contributed by atoms with Crippen LogP contribution in [0.1, 0.15) is 62.6 Å². The number of hydrogen-bond donors (Lipinski definition) is 2. The molecule has 0 radical (unpaired) electrons. The van der Waals surface area contributed by atoms with Gasteiger partial charge in [-0.1, -0.05) is 12.1 Å². The molecule has 2 N–H and O–H groups in total. The number of fused-ring (bicyclic) bond motifs is 1. The number of carbonyl (C=O) groups excluding carboxylic acids is 1. The highest BCUT2D eigenvalue weighted by atomic mass is 32.2. The number of nitrogens with zero attached hydrogens (tertiary/aromatic N) is 1. The summed E-state index contributed by atoms with van der Waals surface area (Å²) in [5, 5.41) is 3.01. The molecule has 198 valence electrons. The maximum absolute atomic E-state index is 13.2. The largest absolute Gasteiger partial charge is 0.381 e. The van der Waals surface area contributed by atoms with Crippen molar-refractivity contribution in [2.75, 3.05) is 13.2 Å². The number of aliphatic imine (C=N–C) groups is 1. The van der Waals surface area contributed by atoms with Gasteiger partial charge in [0.25, 0.3) is 0 Å². The van der Waals surface area contributed by atoms with Gasteiger partial charge < -0.3 is 10.1 Å². The van der Waals surface area contributed by atoms with Gasteiger partial charge in [0.05, 0.1) is 16.6 Å². The molecule has 37 heavy (non-hydrogen) atoms. The van der Waals surface area contributed by atoms with E-state index in [4.69, 9.17) is 9.73 Å². The summed E-state index contributed by atoms with van der Waals surface area (Å²) < 4.78 is 47.8. The molecule has 0 bridgehead atoms. The van der Waals surface area contributed by atoms with Gasteiger partial charge in [-0.3, -0.25) is 9.79 Å². The van der Waals surface area contributed by atoms with Crippen LogP contribution in [-0.2, 0) is 26.0 Å². The molecule has 2 aromatic rings. The molecule has 7 nitrogen and oxygen atoms in total. The minimum absolute atomic E-state index is 0.0444. The average molecular weight is 528 g/mol. The van der Waals surface area contributed by atoms with Crippen molar-refractivity contribution < 1.29 is 22.3 Å². The fraction of sp³-hybridized carbons (Fsp3) is 0.500. The number of sulfonamides is 1. The molecule has 2 aromatic carbocycles. The lowest BCUT2D eigenvalue weighted by atomic mass is 9.85. The Hall–Kier alpha value is -2.62. The summed E-state index contributed by atoms with van der Waals surface area (Å²) in [6, 6.07) is 10.9. The SMILES string of the molecule is C[C@@H](NC(=O)C1CCC(NS(=O)(=O)c2ccc3c(c2)CC(C2CCOCC2)=N3)CC1)c1ccc(F)cc1. The van der Waals surface area contributed by atoms with Gasteiger partial charge in [0.1, 0.15) is 5.82 Å². The number of ether oxygens (including phenoxy) is 1. The standard InChI is InChI=1S/C28H34FN3O4S/c1-18(19-2-6-23(29)7-3-19)30-28(33)21-4-8-24(9-5-21)32-37(34,35)25-10-11-26-22(16-25)17-27(31-26)20-12-14-36-15-13-20/h2-3,6-7,10-11,16,18,20-21,24,32H,4-5,8-9,12-15,17H2,1H3,(H,30,33)/t18-,21?,24?/m1/s1. The van der Waals surface area contributed by atoms with Gasteiger partial charge in [0, 0.05) is 43.2 Å². The lowest BCUT2D eigenvalue weighted by Gasteiger charge is -2.29. The van der Waals surface area contributed by atoms with Crippen LogP contribution in [0.4, 0.5) is 10.1 Å². The molecule has 1 saturated carbocycles. The zero-order chi connectivity index (χ0) is 26.0. The lowest BCUT2D eigenvalue weighted by molar-refractivity contribution is -0.126. The Labute approximate surface area is 218 Å². The zero-order valence-corrected chi connectivity index (χ0v) is 21.9. The van der Waals surface area contributed by atoms with E-state index < -0.39 is 10.0 Å². The van der Waals surface area contributed by atoms with Gasteiger partial charge in [-0.15, -0.1) is 0 Å². The van der Waals surface area contributed by atoms with Crippen molar-refractivity contribution in [2.45, 2.75) is 68.8 Å². The van der Waals surface area contributed by atoms with Crippen molar-refractivity contribution in [3.05, 3.63) is 59.4 Å². The smallest absolute Gasteiger partial charge is 0.240 e. The molecule has 0 spiro atoms. The molecule has 1 saturated heterocycles. The minimum Gasteiger partial charge on any atom is -0.381 e. The first-order valence-corrected chi connectivity index (χ1v) is 14.6. The second-order valence-electron chi connectivity index (χ2n) is 10.4. The number of hydrogen-bond acceptors (Lipinski definition) is 5.